The molecule has 4 nitrogen and oxygen atoms in total. The second-order valence-corrected chi connectivity index (χ2v) is 2.88. The Morgan fingerprint density at radius 2 is 2.07 bits per heavy atom. The lowest BCUT2D eigenvalue weighted by atomic mass is 10.1. The number of nitrogens with two attached hydrogens (primary N) is 2. The van der Waals surface area contributed by atoms with Crippen molar-refractivity contribution in [1.29, 1.82) is 0 Å². The summed E-state index contributed by atoms with van der Waals surface area (Å²) in [6.07, 6.45) is -3.60. The van der Waals surface area contributed by atoms with Gasteiger partial charge in [-0.1, -0.05) is 0 Å². The van der Waals surface area contributed by atoms with Crippen LogP contribution in [0.1, 0.15) is 11.1 Å². The van der Waals surface area contributed by atoms with Crippen LogP contribution >= 0.6 is 0 Å². The van der Waals surface area contributed by atoms with Crippen LogP contribution in [0.5, 0.6) is 5.88 Å². The third-order valence-electron chi connectivity index (χ3n) is 1.84. The number of alkyl halides is 3. The number of pyridine rings is 1. The molecule has 0 radical (unpaired) electrons. The Labute approximate surface area is 84.0 Å². The minimum Gasteiger partial charge on any atom is -0.398 e. The summed E-state index contributed by atoms with van der Waals surface area (Å²) in [5, 5.41) is 0. The number of halogens is 3. The maximum absolute atomic E-state index is 11.9. The number of anilines is 1. The van der Waals surface area contributed by atoms with Crippen LogP contribution in [0.25, 0.3) is 0 Å². The minimum atomic E-state index is -4.77. The van der Waals surface area contributed by atoms with E-state index in [-0.39, 0.29) is 17.8 Å². The van der Waals surface area contributed by atoms with E-state index in [1.165, 1.54) is 13.1 Å². The van der Waals surface area contributed by atoms with Gasteiger partial charge in [0.25, 0.3) is 0 Å². The molecule has 0 atom stereocenters. The normalized spacial score (nSPS) is 11.5. The molecule has 7 heteroatoms. The third kappa shape index (κ3) is 2.72. The van der Waals surface area contributed by atoms with Crippen molar-refractivity contribution in [3.05, 3.63) is 17.3 Å². The zero-order valence-electron chi connectivity index (χ0n) is 7.93. The van der Waals surface area contributed by atoms with Crippen molar-refractivity contribution in [3.8, 4) is 5.88 Å². The Morgan fingerprint density at radius 3 is 2.53 bits per heavy atom. The van der Waals surface area contributed by atoms with Crippen molar-refractivity contribution in [2.24, 2.45) is 5.73 Å². The van der Waals surface area contributed by atoms with Gasteiger partial charge in [0.1, 0.15) is 0 Å². The number of hydrogen-bond donors (Lipinski definition) is 2. The summed E-state index contributed by atoms with van der Waals surface area (Å²) >= 11 is 0. The predicted octanol–water partition coefficient (Wildman–Crippen LogP) is 1.33. The molecule has 0 fully saturated rings. The number of ether oxygens (including phenoxy) is 1. The van der Waals surface area contributed by atoms with Crippen molar-refractivity contribution in [2.75, 3.05) is 5.73 Å². The first-order valence-corrected chi connectivity index (χ1v) is 4.05. The largest absolute Gasteiger partial charge is 0.574 e. The van der Waals surface area contributed by atoms with Crippen LogP contribution in [0, 0.1) is 6.92 Å². The average Bonchev–Trinajstić information content (AvgIpc) is 2.11. The van der Waals surface area contributed by atoms with Crippen molar-refractivity contribution < 1.29 is 17.9 Å². The Balaban J connectivity index is 3.07. The molecule has 0 aliphatic heterocycles. The van der Waals surface area contributed by atoms with Crippen LogP contribution in [0.4, 0.5) is 18.9 Å². The third-order valence-corrected chi connectivity index (χ3v) is 1.84. The molecule has 0 aliphatic carbocycles. The Morgan fingerprint density at radius 1 is 1.47 bits per heavy atom. The average molecular weight is 221 g/mol. The second kappa shape index (κ2) is 3.93. The first-order chi connectivity index (χ1) is 6.85. The maximum Gasteiger partial charge on any atom is 0.574 e. The molecule has 84 valence electrons. The molecule has 1 rings (SSSR count). The lowest BCUT2D eigenvalue weighted by Crippen LogP contribution is -2.19. The van der Waals surface area contributed by atoms with Gasteiger partial charge in [0, 0.05) is 29.6 Å². The van der Waals surface area contributed by atoms with E-state index in [4.69, 9.17) is 11.5 Å². The fourth-order valence-electron chi connectivity index (χ4n) is 1.03. The first-order valence-electron chi connectivity index (χ1n) is 4.05. The Kier molecular flexibility index (Phi) is 3.04. The van der Waals surface area contributed by atoms with Crippen molar-refractivity contribution in [3.63, 3.8) is 0 Å². The number of nitrogens with zero attached hydrogens (tertiary/aromatic N) is 1. The fraction of sp³-hybridized carbons (Fsp3) is 0.375. The molecular formula is C8H10F3N3O. The Bertz CT molecular complexity index is 365. The second-order valence-electron chi connectivity index (χ2n) is 2.88. The fourth-order valence-corrected chi connectivity index (χ4v) is 1.03. The Hall–Kier alpha value is -1.50. The van der Waals surface area contributed by atoms with E-state index < -0.39 is 12.2 Å². The molecule has 0 bridgehead atoms. The standard InChI is InChI=1S/C8H10F3N3O/c1-4-6(13)5(2-12)3-14-7(4)15-8(9,10)11/h3H,2,12H2,1H3,(H2,13,14). The van der Waals surface area contributed by atoms with E-state index in [9.17, 15) is 13.2 Å². The summed E-state index contributed by atoms with van der Waals surface area (Å²) in [6.45, 7) is 1.51. The van der Waals surface area contributed by atoms with Crippen LogP contribution in [-0.2, 0) is 6.54 Å². The molecule has 0 saturated carbocycles. The molecular weight excluding hydrogens is 211 g/mol. The molecule has 0 aromatic carbocycles. The highest BCUT2D eigenvalue weighted by molar-refractivity contribution is 5.55. The summed E-state index contributed by atoms with van der Waals surface area (Å²) in [7, 11) is 0. The van der Waals surface area contributed by atoms with Crippen LogP contribution < -0.4 is 16.2 Å². The molecule has 1 aromatic rings. The van der Waals surface area contributed by atoms with E-state index >= 15 is 0 Å². The molecule has 0 saturated heterocycles. The molecule has 0 aliphatic rings. The van der Waals surface area contributed by atoms with Gasteiger partial charge in [-0.25, -0.2) is 4.98 Å². The van der Waals surface area contributed by atoms with Gasteiger partial charge >= 0.3 is 6.36 Å². The zero-order valence-corrected chi connectivity index (χ0v) is 7.93. The predicted molar refractivity (Wildman–Crippen MR) is 48.0 cm³/mol. The van der Waals surface area contributed by atoms with Crippen molar-refractivity contribution >= 4 is 5.69 Å². The molecule has 0 spiro atoms. The van der Waals surface area contributed by atoms with Crippen LogP contribution in [0.15, 0.2) is 6.20 Å². The molecule has 4 N–H and O–H groups in total. The lowest BCUT2D eigenvalue weighted by Gasteiger charge is -2.13. The van der Waals surface area contributed by atoms with Crippen LogP contribution in [0.3, 0.4) is 0 Å². The van der Waals surface area contributed by atoms with Gasteiger partial charge in [-0.05, 0) is 6.92 Å². The van der Waals surface area contributed by atoms with Crippen molar-refractivity contribution in [2.45, 2.75) is 19.8 Å². The summed E-state index contributed by atoms with van der Waals surface area (Å²) in [4.78, 5) is 3.49. The first kappa shape index (κ1) is 11.6. The van der Waals surface area contributed by atoms with Gasteiger partial charge in [0.05, 0.1) is 0 Å². The van der Waals surface area contributed by atoms with Gasteiger partial charge in [-0.3, -0.25) is 0 Å². The zero-order chi connectivity index (χ0) is 11.6. The van der Waals surface area contributed by atoms with Gasteiger partial charge in [-0.15, -0.1) is 13.2 Å². The monoisotopic (exact) mass is 221 g/mol. The summed E-state index contributed by atoms with van der Waals surface area (Å²) < 4.78 is 39.4. The molecule has 1 aromatic heterocycles. The molecule has 0 unspecified atom stereocenters. The number of hydrogen-bond acceptors (Lipinski definition) is 4. The summed E-state index contributed by atoms with van der Waals surface area (Å²) in [6, 6.07) is 0. The number of rotatable bonds is 2. The molecule has 1 heterocycles. The SMILES string of the molecule is Cc1c(OC(F)(F)F)ncc(CN)c1N. The number of nitrogen functional groups attached to an aromatic ring is 1. The van der Waals surface area contributed by atoms with Crippen LogP contribution in [-0.4, -0.2) is 11.3 Å². The summed E-state index contributed by atoms with van der Waals surface area (Å²) in [5.41, 5.74) is 11.7. The highest BCUT2D eigenvalue weighted by atomic mass is 19.4. The molecule has 0 amide bonds. The topological polar surface area (TPSA) is 74.2 Å². The van der Waals surface area contributed by atoms with E-state index in [2.05, 4.69) is 9.72 Å². The highest BCUT2D eigenvalue weighted by Crippen LogP contribution is 2.28. The van der Waals surface area contributed by atoms with Gasteiger partial charge in [0.15, 0.2) is 0 Å². The quantitative estimate of drug-likeness (QED) is 0.790. The minimum absolute atomic E-state index is 0.117. The smallest absolute Gasteiger partial charge is 0.398 e. The summed E-state index contributed by atoms with van der Waals surface area (Å²) in [5.74, 6) is -0.544. The highest BCUT2D eigenvalue weighted by Gasteiger charge is 2.32. The van der Waals surface area contributed by atoms with Gasteiger partial charge < -0.3 is 16.2 Å². The van der Waals surface area contributed by atoms with Gasteiger partial charge in [0.2, 0.25) is 5.88 Å². The van der Waals surface area contributed by atoms with Crippen LogP contribution in [0.2, 0.25) is 0 Å². The number of aromatic nitrogens is 1. The maximum atomic E-state index is 11.9. The van der Waals surface area contributed by atoms with E-state index in [0.717, 1.165) is 0 Å². The van der Waals surface area contributed by atoms with E-state index in [0.29, 0.717) is 5.56 Å². The van der Waals surface area contributed by atoms with Gasteiger partial charge in [-0.2, -0.15) is 0 Å². The lowest BCUT2D eigenvalue weighted by molar-refractivity contribution is -0.276. The van der Waals surface area contributed by atoms with E-state index in [1.54, 1.807) is 0 Å². The molecule has 15 heavy (non-hydrogen) atoms. The van der Waals surface area contributed by atoms with E-state index in [1.807, 2.05) is 0 Å². The van der Waals surface area contributed by atoms with Crippen molar-refractivity contribution in [1.82, 2.24) is 4.98 Å².